The van der Waals surface area contributed by atoms with E-state index in [1.54, 1.807) is 7.11 Å². The van der Waals surface area contributed by atoms with Crippen LogP contribution in [0.3, 0.4) is 0 Å². The fourth-order valence-corrected chi connectivity index (χ4v) is 8.66. The molecular weight excluding hydrogens is 612 g/mol. The molecule has 2 amide bonds. The number of methoxy groups -OCH3 is 1. The van der Waals surface area contributed by atoms with Crippen molar-refractivity contribution in [2.75, 3.05) is 18.6 Å². The summed E-state index contributed by atoms with van der Waals surface area (Å²) in [6, 6.07) is 15.8. The summed E-state index contributed by atoms with van der Waals surface area (Å²) in [5, 5.41) is 17.8. The summed E-state index contributed by atoms with van der Waals surface area (Å²) in [4.78, 5) is 29.6. The number of ether oxygens (including phenoxy) is 1. The molecule has 4 aliphatic carbocycles. The van der Waals surface area contributed by atoms with Gasteiger partial charge in [-0.2, -0.15) is 5.10 Å². The molecule has 1 heterocycles. The van der Waals surface area contributed by atoms with Crippen LogP contribution in [-0.2, 0) is 9.59 Å². The van der Waals surface area contributed by atoms with Crippen molar-refractivity contribution in [3.63, 3.8) is 0 Å². The first-order chi connectivity index (χ1) is 23.8. The van der Waals surface area contributed by atoms with Crippen molar-refractivity contribution in [3.05, 3.63) is 66.0 Å². The number of hydrogen-bond donors (Lipinski definition) is 2. The molecule has 1 aromatic heterocycles. The predicted molar refractivity (Wildman–Crippen MR) is 193 cm³/mol. The van der Waals surface area contributed by atoms with Gasteiger partial charge in [0.1, 0.15) is 5.75 Å². The number of aliphatic hydroxyl groups is 1. The minimum absolute atomic E-state index is 0.00531. The first-order valence-electron chi connectivity index (χ1n) is 18.9. The second-order valence-corrected chi connectivity index (χ2v) is 15.4. The van der Waals surface area contributed by atoms with Crippen LogP contribution in [0.15, 0.2) is 54.9 Å². The fourth-order valence-electron chi connectivity index (χ4n) is 8.66. The number of aromatic nitrogens is 2. The highest BCUT2D eigenvalue weighted by molar-refractivity contribution is 5.95. The molecule has 0 saturated heterocycles. The van der Waals surface area contributed by atoms with Crippen molar-refractivity contribution in [2.45, 2.75) is 121 Å². The zero-order valence-corrected chi connectivity index (χ0v) is 29.4. The molecule has 3 aromatic rings. The molecule has 8 nitrogen and oxygen atoms in total. The zero-order chi connectivity index (χ0) is 33.9. The Balaban J connectivity index is 1.03. The topological polar surface area (TPSA) is 96.7 Å². The van der Waals surface area contributed by atoms with Crippen molar-refractivity contribution >= 4 is 17.5 Å². The SMILES string of the molecule is COc1ccc(C2CCC(CN(C(=O)C3CCC(NC(=O)C4CCC(O)CC4)CC3)c3cccc(-c4cnn(C5CC5)c4)c3)CC2)cc1C. The number of nitrogens with one attached hydrogen (secondary N) is 1. The third-order valence-electron chi connectivity index (χ3n) is 11.9. The van der Waals surface area contributed by atoms with Crippen molar-refractivity contribution < 1.29 is 19.4 Å². The lowest BCUT2D eigenvalue weighted by atomic mass is 9.78. The molecule has 0 aliphatic heterocycles. The van der Waals surface area contributed by atoms with Gasteiger partial charge < -0.3 is 20.1 Å². The molecule has 0 radical (unpaired) electrons. The predicted octanol–water partition coefficient (Wildman–Crippen LogP) is 7.74. The first-order valence-corrected chi connectivity index (χ1v) is 18.9. The summed E-state index contributed by atoms with van der Waals surface area (Å²) in [5.74, 6) is 2.25. The molecule has 2 aromatic carbocycles. The maximum atomic E-state index is 14.5. The van der Waals surface area contributed by atoms with Gasteiger partial charge in [0.15, 0.2) is 0 Å². The Hall–Kier alpha value is -3.65. The van der Waals surface area contributed by atoms with Gasteiger partial charge in [-0.1, -0.05) is 24.3 Å². The Morgan fingerprint density at radius 1 is 0.878 bits per heavy atom. The van der Waals surface area contributed by atoms with Crippen LogP contribution in [0, 0.1) is 24.7 Å². The number of amides is 2. The molecular formula is C41H54N4O4. The van der Waals surface area contributed by atoms with Gasteiger partial charge in [0, 0.05) is 41.9 Å². The van der Waals surface area contributed by atoms with Gasteiger partial charge in [0.2, 0.25) is 11.8 Å². The number of benzene rings is 2. The molecule has 4 fully saturated rings. The van der Waals surface area contributed by atoms with E-state index in [-0.39, 0.29) is 35.8 Å². The van der Waals surface area contributed by atoms with Crippen LogP contribution in [-0.4, -0.2) is 52.5 Å². The number of aryl methyl sites for hydroxylation is 1. The molecule has 7 rings (SSSR count). The summed E-state index contributed by atoms with van der Waals surface area (Å²) in [5.41, 5.74) is 5.76. The second kappa shape index (κ2) is 15.1. The highest BCUT2D eigenvalue weighted by Gasteiger charge is 2.34. The summed E-state index contributed by atoms with van der Waals surface area (Å²) in [6.45, 7) is 2.86. The van der Waals surface area contributed by atoms with Gasteiger partial charge in [-0.05, 0) is 144 Å². The first kappa shape index (κ1) is 33.8. The van der Waals surface area contributed by atoms with E-state index < -0.39 is 0 Å². The Morgan fingerprint density at radius 2 is 1.61 bits per heavy atom. The lowest BCUT2D eigenvalue weighted by Gasteiger charge is -2.37. The fraction of sp³-hybridized carbons (Fsp3) is 0.585. The summed E-state index contributed by atoms with van der Waals surface area (Å²) in [7, 11) is 1.73. The van der Waals surface area contributed by atoms with Gasteiger partial charge in [0.05, 0.1) is 25.5 Å². The average molecular weight is 667 g/mol. The van der Waals surface area contributed by atoms with Crippen LogP contribution in [0.5, 0.6) is 5.75 Å². The molecule has 0 spiro atoms. The summed E-state index contributed by atoms with van der Waals surface area (Å²) < 4.78 is 7.58. The lowest BCUT2D eigenvalue weighted by Crippen LogP contribution is -2.45. The molecule has 4 aliphatic rings. The van der Waals surface area contributed by atoms with E-state index in [9.17, 15) is 14.7 Å². The third-order valence-corrected chi connectivity index (χ3v) is 11.9. The molecule has 2 N–H and O–H groups in total. The van der Waals surface area contributed by atoms with E-state index in [1.807, 2.05) is 6.20 Å². The minimum Gasteiger partial charge on any atom is -0.496 e. The Kier molecular flexibility index (Phi) is 10.4. The average Bonchev–Trinajstić information content (AvgIpc) is 3.86. The second-order valence-electron chi connectivity index (χ2n) is 15.4. The van der Waals surface area contributed by atoms with Gasteiger partial charge in [-0.3, -0.25) is 14.3 Å². The Bertz CT molecular complexity index is 1590. The maximum Gasteiger partial charge on any atom is 0.230 e. The highest BCUT2D eigenvalue weighted by atomic mass is 16.5. The van der Waals surface area contributed by atoms with E-state index in [4.69, 9.17) is 4.74 Å². The van der Waals surface area contributed by atoms with E-state index in [1.165, 1.54) is 24.0 Å². The van der Waals surface area contributed by atoms with E-state index in [0.29, 0.717) is 30.7 Å². The largest absolute Gasteiger partial charge is 0.496 e. The molecule has 49 heavy (non-hydrogen) atoms. The monoisotopic (exact) mass is 666 g/mol. The van der Waals surface area contributed by atoms with Crippen LogP contribution in [0.1, 0.15) is 113 Å². The molecule has 262 valence electrons. The smallest absolute Gasteiger partial charge is 0.230 e. The quantitative estimate of drug-likeness (QED) is 0.231. The van der Waals surface area contributed by atoms with Gasteiger partial charge in [-0.15, -0.1) is 0 Å². The summed E-state index contributed by atoms with van der Waals surface area (Å²) in [6.07, 6.45) is 16.9. The Morgan fingerprint density at radius 3 is 2.31 bits per heavy atom. The normalized spacial score (nSPS) is 27.3. The molecule has 8 heteroatoms. The van der Waals surface area contributed by atoms with Crippen molar-refractivity contribution in [1.82, 2.24) is 15.1 Å². The van der Waals surface area contributed by atoms with Crippen LogP contribution in [0.4, 0.5) is 5.69 Å². The van der Waals surface area contributed by atoms with E-state index >= 15 is 0 Å². The number of nitrogens with zero attached hydrogens (tertiary/aromatic N) is 3. The number of rotatable bonds is 10. The number of hydrogen-bond acceptors (Lipinski definition) is 5. The van der Waals surface area contributed by atoms with Crippen LogP contribution >= 0.6 is 0 Å². The van der Waals surface area contributed by atoms with Crippen LogP contribution in [0.25, 0.3) is 11.1 Å². The third kappa shape index (κ3) is 8.06. The lowest BCUT2D eigenvalue weighted by molar-refractivity contribution is -0.127. The number of anilines is 1. The standard InChI is InChI=1S/C41H54N4O4/c1-27-22-33(14-21-39(27)49-2)29-8-6-28(7-9-29)25-44(37-5-3-4-32(23-37)34-24-42-45(26-34)36-17-18-36)41(48)31-10-15-35(16-11-31)43-40(47)30-12-19-38(46)20-13-30/h3-5,14,21-24,26,28-31,35-36,38,46H,6-13,15-20,25H2,1-2H3,(H,43,47). The zero-order valence-electron chi connectivity index (χ0n) is 29.4. The van der Waals surface area contributed by atoms with Crippen molar-refractivity contribution in [2.24, 2.45) is 17.8 Å². The maximum absolute atomic E-state index is 14.5. The van der Waals surface area contributed by atoms with Crippen LogP contribution < -0.4 is 15.0 Å². The van der Waals surface area contributed by atoms with Crippen molar-refractivity contribution in [3.8, 4) is 16.9 Å². The van der Waals surface area contributed by atoms with E-state index in [0.717, 1.165) is 93.3 Å². The molecule has 4 saturated carbocycles. The van der Waals surface area contributed by atoms with Gasteiger partial charge in [0.25, 0.3) is 0 Å². The minimum atomic E-state index is -0.262. The van der Waals surface area contributed by atoms with Crippen LogP contribution in [0.2, 0.25) is 0 Å². The van der Waals surface area contributed by atoms with Crippen molar-refractivity contribution in [1.29, 1.82) is 0 Å². The number of carbonyl (C=O) groups is 2. The number of carbonyl (C=O) groups excluding carboxylic acids is 2. The molecule has 0 atom stereocenters. The highest BCUT2D eigenvalue weighted by Crippen LogP contribution is 2.40. The number of aliphatic hydroxyl groups excluding tert-OH is 1. The molecule has 0 bridgehead atoms. The Labute approximate surface area is 291 Å². The van der Waals surface area contributed by atoms with E-state index in [2.05, 4.69) is 75.6 Å². The van der Waals surface area contributed by atoms with Gasteiger partial charge >= 0.3 is 0 Å². The van der Waals surface area contributed by atoms with Gasteiger partial charge in [-0.25, -0.2) is 0 Å². The molecule has 0 unspecified atom stereocenters. The summed E-state index contributed by atoms with van der Waals surface area (Å²) >= 11 is 0.